The molecule has 0 radical (unpaired) electrons. The van der Waals surface area contributed by atoms with E-state index in [1.54, 1.807) is 25.3 Å². The number of carbonyl (C=O) groups excluding carboxylic acids is 1. The average molecular weight is 445 g/mol. The molecular formula is C22H21ClN2O4S. The summed E-state index contributed by atoms with van der Waals surface area (Å²) in [7, 11) is -2.22. The van der Waals surface area contributed by atoms with Crippen molar-refractivity contribution in [3.8, 4) is 5.75 Å². The Labute approximate surface area is 180 Å². The summed E-state index contributed by atoms with van der Waals surface area (Å²) in [5.74, 6) is 0.222. The van der Waals surface area contributed by atoms with E-state index in [2.05, 4.69) is 10.0 Å². The van der Waals surface area contributed by atoms with Crippen LogP contribution in [0.2, 0.25) is 5.02 Å². The van der Waals surface area contributed by atoms with Gasteiger partial charge in [0.15, 0.2) is 0 Å². The molecule has 0 heterocycles. The van der Waals surface area contributed by atoms with Crippen molar-refractivity contribution in [1.29, 1.82) is 0 Å². The number of para-hydroxylation sites is 1. The second-order valence-corrected chi connectivity index (χ2v) is 8.64. The summed E-state index contributed by atoms with van der Waals surface area (Å²) >= 11 is 6.20. The molecule has 0 spiro atoms. The molecular weight excluding hydrogens is 424 g/mol. The summed E-state index contributed by atoms with van der Waals surface area (Å²) < 4.78 is 32.9. The molecule has 3 aromatic carbocycles. The maximum atomic E-state index is 12.8. The molecule has 3 aromatic rings. The molecule has 6 nitrogen and oxygen atoms in total. The molecule has 1 amide bonds. The number of hydrogen-bond donors (Lipinski definition) is 2. The molecule has 0 aliphatic rings. The van der Waals surface area contributed by atoms with Crippen LogP contribution < -0.4 is 14.8 Å². The topological polar surface area (TPSA) is 84.5 Å². The fourth-order valence-corrected chi connectivity index (χ4v) is 4.23. The zero-order valence-corrected chi connectivity index (χ0v) is 18.0. The van der Waals surface area contributed by atoms with E-state index in [-0.39, 0.29) is 27.2 Å². The first-order chi connectivity index (χ1) is 14.3. The highest BCUT2D eigenvalue weighted by atomic mass is 35.5. The second-order valence-electron chi connectivity index (χ2n) is 6.55. The molecule has 1 atom stereocenters. The zero-order chi connectivity index (χ0) is 21.7. The third-order valence-corrected chi connectivity index (χ3v) is 6.20. The minimum absolute atomic E-state index is 0.121. The fourth-order valence-electron chi connectivity index (χ4n) is 2.95. The first-order valence-electron chi connectivity index (χ1n) is 9.13. The minimum Gasteiger partial charge on any atom is -0.496 e. The Morgan fingerprint density at radius 2 is 1.67 bits per heavy atom. The minimum atomic E-state index is -3.79. The number of halogens is 1. The Hall–Kier alpha value is -3.03. The predicted octanol–water partition coefficient (Wildman–Crippen LogP) is 4.64. The number of hydrogen-bond acceptors (Lipinski definition) is 4. The SMILES string of the molecule is COc1ccccc1[C@H](C)NC(=O)c1cc(NS(=O)(=O)c2ccccc2)ccc1Cl. The number of ether oxygens (including phenoxy) is 1. The lowest BCUT2D eigenvalue weighted by atomic mass is 10.1. The van der Waals surface area contributed by atoms with Gasteiger partial charge in [-0.15, -0.1) is 0 Å². The third kappa shape index (κ3) is 4.93. The van der Waals surface area contributed by atoms with Crippen LogP contribution in [0.25, 0.3) is 0 Å². The van der Waals surface area contributed by atoms with Gasteiger partial charge >= 0.3 is 0 Å². The van der Waals surface area contributed by atoms with Crippen LogP contribution in [0.15, 0.2) is 77.7 Å². The van der Waals surface area contributed by atoms with Gasteiger partial charge in [-0.3, -0.25) is 9.52 Å². The van der Waals surface area contributed by atoms with Crippen molar-refractivity contribution >= 4 is 33.2 Å². The molecule has 2 N–H and O–H groups in total. The normalized spacial score (nSPS) is 12.1. The van der Waals surface area contributed by atoms with Gasteiger partial charge in [-0.05, 0) is 43.3 Å². The Kier molecular flexibility index (Phi) is 6.64. The maximum absolute atomic E-state index is 12.8. The van der Waals surface area contributed by atoms with Gasteiger partial charge in [-0.1, -0.05) is 48.0 Å². The van der Waals surface area contributed by atoms with E-state index in [9.17, 15) is 13.2 Å². The summed E-state index contributed by atoms with van der Waals surface area (Å²) in [5.41, 5.74) is 1.20. The van der Waals surface area contributed by atoms with Crippen LogP contribution in [0.3, 0.4) is 0 Å². The average Bonchev–Trinajstić information content (AvgIpc) is 2.75. The van der Waals surface area contributed by atoms with Crippen molar-refractivity contribution < 1.29 is 17.9 Å². The van der Waals surface area contributed by atoms with Crippen molar-refractivity contribution in [3.05, 3.63) is 88.9 Å². The number of sulfonamides is 1. The molecule has 8 heteroatoms. The van der Waals surface area contributed by atoms with Crippen molar-refractivity contribution in [3.63, 3.8) is 0 Å². The van der Waals surface area contributed by atoms with Crippen LogP contribution >= 0.6 is 11.6 Å². The summed E-state index contributed by atoms with van der Waals surface area (Å²) in [6.07, 6.45) is 0. The lowest BCUT2D eigenvalue weighted by molar-refractivity contribution is 0.0939. The predicted molar refractivity (Wildman–Crippen MR) is 118 cm³/mol. The smallest absolute Gasteiger partial charge is 0.261 e. The van der Waals surface area contributed by atoms with Gasteiger partial charge in [0.25, 0.3) is 15.9 Å². The zero-order valence-electron chi connectivity index (χ0n) is 16.4. The second kappa shape index (κ2) is 9.19. The fraction of sp³-hybridized carbons (Fsp3) is 0.136. The number of carbonyl (C=O) groups is 1. The summed E-state index contributed by atoms with van der Waals surface area (Å²) in [6, 6.07) is 19.4. The number of rotatable bonds is 7. The molecule has 156 valence electrons. The van der Waals surface area contributed by atoms with E-state index in [0.29, 0.717) is 5.75 Å². The van der Waals surface area contributed by atoms with E-state index in [0.717, 1.165) is 5.56 Å². The highest BCUT2D eigenvalue weighted by Gasteiger charge is 2.19. The maximum Gasteiger partial charge on any atom is 0.261 e. The molecule has 0 aromatic heterocycles. The highest BCUT2D eigenvalue weighted by molar-refractivity contribution is 7.92. The molecule has 0 bridgehead atoms. The number of benzene rings is 3. The number of amides is 1. The molecule has 3 rings (SSSR count). The van der Waals surface area contributed by atoms with Crippen molar-refractivity contribution in [2.24, 2.45) is 0 Å². The van der Waals surface area contributed by atoms with E-state index in [4.69, 9.17) is 16.3 Å². The van der Waals surface area contributed by atoms with Crippen LogP contribution in [0.1, 0.15) is 28.9 Å². The van der Waals surface area contributed by atoms with Crippen LogP contribution in [-0.2, 0) is 10.0 Å². The molecule has 0 saturated carbocycles. The van der Waals surface area contributed by atoms with Crippen LogP contribution in [0.4, 0.5) is 5.69 Å². The van der Waals surface area contributed by atoms with Crippen molar-refractivity contribution in [2.45, 2.75) is 17.9 Å². The van der Waals surface area contributed by atoms with Gasteiger partial charge in [0, 0.05) is 11.3 Å². The van der Waals surface area contributed by atoms with Gasteiger partial charge in [0.1, 0.15) is 5.75 Å². The van der Waals surface area contributed by atoms with E-state index >= 15 is 0 Å². The lowest BCUT2D eigenvalue weighted by Gasteiger charge is -2.18. The first-order valence-corrected chi connectivity index (χ1v) is 11.0. The van der Waals surface area contributed by atoms with Crippen LogP contribution in [-0.4, -0.2) is 21.4 Å². The van der Waals surface area contributed by atoms with E-state index < -0.39 is 15.9 Å². The molecule has 0 saturated heterocycles. The van der Waals surface area contributed by atoms with Crippen LogP contribution in [0, 0.1) is 0 Å². The van der Waals surface area contributed by atoms with Gasteiger partial charge in [0.05, 0.1) is 28.6 Å². The van der Waals surface area contributed by atoms with Gasteiger partial charge in [-0.25, -0.2) is 8.42 Å². The Morgan fingerprint density at radius 3 is 2.37 bits per heavy atom. The van der Waals surface area contributed by atoms with Crippen molar-refractivity contribution in [1.82, 2.24) is 5.32 Å². The molecule has 0 aliphatic carbocycles. The molecule has 30 heavy (non-hydrogen) atoms. The highest BCUT2D eigenvalue weighted by Crippen LogP contribution is 2.27. The number of anilines is 1. The van der Waals surface area contributed by atoms with E-state index in [1.165, 1.54) is 30.3 Å². The van der Waals surface area contributed by atoms with Gasteiger partial charge in [0.2, 0.25) is 0 Å². The first kappa shape index (κ1) is 21.7. The molecule has 0 unspecified atom stereocenters. The summed E-state index contributed by atoms with van der Waals surface area (Å²) in [5, 5.41) is 3.08. The quantitative estimate of drug-likeness (QED) is 0.556. The standard InChI is InChI=1S/C22H21ClN2O4S/c1-15(18-10-6-7-11-21(18)29-2)24-22(26)19-14-16(12-13-20(19)23)25-30(27,28)17-8-4-3-5-9-17/h3-15,25H,1-2H3,(H,24,26)/t15-/m0/s1. The molecule has 0 aliphatic heterocycles. The van der Waals surface area contributed by atoms with Gasteiger partial charge < -0.3 is 10.1 Å². The number of methoxy groups -OCH3 is 1. The monoisotopic (exact) mass is 444 g/mol. The summed E-state index contributed by atoms with van der Waals surface area (Å²) in [4.78, 5) is 12.9. The van der Waals surface area contributed by atoms with E-state index in [1.807, 2.05) is 31.2 Å². The number of nitrogens with one attached hydrogen (secondary N) is 2. The summed E-state index contributed by atoms with van der Waals surface area (Å²) in [6.45, 7) is 1.83. The van der Waals surface area contributed by atoms with Gasteiger partial charge in [-0.2, -0.15) is 0 Å². The Morgan fingerprint density at radius 1 is 1.00 bits per heavy atom. The van der Waals surface area contributed by atoms with Crippen LogP contribution in [0.5, 0.6) is 5.75 Å². The Bertz CT molecular complexity index is 1150. The largest absolute Gasteiger partial charge is 0.496 e. The molecule has 0 fully saturated rings. The van der Waals surface area contributed by atoms with Crippen molar-refractivity contribution in [2.75, 3.05) is 11.8 Å². The Balaban J connectivity index is 1.82. The third-order valence-electron chi connectivity index (χ3n) is 4.47. The lowest BCUT2D eigenvalue weighted by Crippen LogP contribution is -2.27.